The molecule has 0 aliphatic carbocycles. The zero-order chi connectivity index (χ0) is 14.0. The number of rotatable bonds is 1. The van der Waals surface area contributed by atoms with Gasteiger partial charge in [-0.25, -0.2) is 0 Å². The van der Waals surface area contributed by atoms with Crippen molar-refractivity contribution in [3.8, 4) is 5.75 Å². The summed E-state index contributed by atoms with van der Waals surface area (Å²) in [5, 5.41) is 19.6. The molecule has 1 aliphatic heterocycles. The quantitative estimate of drug-likeness (QED) is 0.528. The monoisotopic (exact) mass is 264 g/mol. The van der Waals surface area contributed by atoms with E-state index in [1.165, 1.54) is 12.1 Å². The zero-order valence-electron chi connectivity index (χ0n) is 11.1. The molecule has 1 amide bonds. The third-order valence-corrected chi connectivity index (χ3v) is 3.63. The van der Waals surface area contributed by atoms with E-state index in [9.17, 15) is 15.0 Å². The Labute approximate surface area is 112 Å². The van der Waals surface area contributed by atoms with E-state index in [2.05, 4.69) is 0 Å². The van der Waals surface area contributed by atoms with Gasteiger partial charge >= 0.3 is 0 Å². The van der Waals surface area contributed by atoms with Gasteiger partial charge in [0.1, 0.15) is 5.75 Å². The number of hydrogen-bond donors (Lipinski definition) is 3. The van der Waals surface area contributed by atoms with Gasteiger partial charge in [0.05, 0.1) is 11.3 Å². The molecule has 1 aromatic carbocycles. The van der Waals surface area contributed by atoms with E-state index in [0.29, 0.717) is 31.5 Å². The van der Waals surface area contributed by atoms with E-state index in [0.717, 1.165) is 6.42 Å². The van der Waals surface area contributed by atoms with E-state index in [4.69, 9.17) is 5.73 Å². The normalized spacial score (nSPS) is 24.0. The number of anilines is 1. The maximum absolute atomic E-state index is 12.3. The molecule has 5 nitrogen and oxygen atoms in total. The predicted octanol–water partition coefficient (Wildman–Crippen LogP) is 1.35. The third kappa shape index (κ3) is 3.17. The molecule has 1 unspecified atom stereocenters. The summed E-state index contributed by atoms with van der Waals surface area (Å²) in [4.78, 5) is 14.0. The molecule has 1 aliphatic rings. The van der Waals surface area contributed by atoms with Gasteiger partial charge in [-0.15, -0.1) is 0 Å². The average molecular weight is 264 g/mol. The Hall–Kier alpha value is -1.75. The minimum atomic E-state index is -0.696. The van der Waals surface area contributed by atoms with Crippen LogP contribution in [0.15, 0.2) is 18.2 Å². The summed E-state index contributed by atoms with van der Waals surface area (Å²) in [7, 11) is 0. The lowest BCUT2D eigenvalue weighted by molar-refractivity contribution is 0.0438. The van der Waals surface area contributed by atoms with Gasteiger partial charge in [-0.05, 0) is 44.4 Å². The van der Waals surface area contributed by atoms with E-state index < -0.39 is 5.60 Å². The van der Waals surface area contributed by atoms with Crippen LogP contribution in [0.25, 0.3) is 0 Å². The topological polar surface area (TPSA) is 86.8 Å². The fourth-order valence-electron chi connectivity index (χ4n) is 2.33. The highest BCUT2D eigenvalue weighted by Crippen LogP contribution is 2.25. The molecule has 0 spiro atoms. The van der Waals surface area contributed by atoms with Gasteiger partial charge < -0.3 is 20.8 Å². The number of carbonyl (C=O) groups excluding carboxylic acids is 1. The van der Waals surface area contributed by atoms with Crippen LogP contribution in [0.4, 0.5) is 5.69 Å². The van der Waals surface area contributed by atoms with E-state index in [1.54, 1.807) is 17.9 Å². The Bertz CT molecular complexity index is 486. The van der Waals surface area contributed by atoms with Crippen molar-refractivity contribution < 1.29 is 15.0 Å². The Balaban J connectivity index is 2.13. The first-order chi connectivity index (χ1) is 8.89. The summed E-state index contributed by atoms with van der Waals surface area (Å²) < 4.78 is 0. The van der Waals surface area contributed by atoms with Crippen molar-refractivity contribution >= 4 is 11.6 Å². The fourth-order valence-corrected chi connectivity index (χ4v) is 2.33. The van der Waals surface area contributed by atoms with Gasteiger partial charge in [0, 0.05) is 18.7 Å². The van der Waals surface area contributed by atoms with Crippen molar-refractivity contribution in [1.82, 2.24) is 4.90 Å². The first kappa shape index (κ1) is 13.7. The second-order valence-electron chi connectivity index (χ2n) is 5.42. The van der Waals surface area contributed by atoms with E-state index >= 15 is 0 Å². The Morgan fingerprint density at radius 2 is 2.11 bits per heavy atom. The van der Waals surface area contributed by atoms with Crippen molar-refractivity contribution in [2.75, 3.05) is 18.8 Å². The summed E-state index contributed by atoms with van der Waals surface area (Å²) in [6.45, 7) is 2.95. The lowest BCUT2D eigenvalue weighted by Gasteiger charge is -2.22. The Morgan fingerprint density at radius 1 is 1.37 bits per heavy atom. The van der Waals surface area contributed by atoms with Crippen LogP contribution in [0, 0.1) is 0 Å². The molecule has 0 aromatic heterocycles. The number of amides is 1. The molecule has 1 saturated heterocycles. The highest BCUT2D eigenvalue weighted by Gasteiger charge is 2.27. The number of likely N-dealkylation sites (tertiary alicyclic amines) is 1. The van der Waals surface area contributed by atoms with E-state index in [1.807, 2.05) is 0 Å². The van der Waals surface area contributed by atoms with Gasteiger partial charge in [-0.1, -0.05) is 0 Å². The maximum Gasteiger partial charge on any atom is 0.253 e. The van der Waals surface area contributed by atoms with Crippen LogP contribution in [-0.4, -0.2) is 39.7 Å². The van der Waals surface area contributed by atoms with Crippen molar-refractivity contribution in [3.05, 3.63) is 23.8 Å². The lowest BCUT2D eigenvalue weighted by Crippen LogP contribution is -2.33. The third-order valence-electron chi connectivity index (χ3n) is 3.63. The first-order valence-corrected chi connectivity index (χ1v) is 6.49. The summed E-state index contributed by atoms with van der Waals surface area (Å²) >= 11 is 0. The largest absolute Gasteiger partial charge is 0.506 e. The molecular weight excluding hydrogens is 244 g/mol. The van der Waals surface area contributed by atoms with Crippen molar-refractivity contribution in [1.29, 1.82) is 0 Å². The zero-order valence-corrected chi connectivity index (χ0v) is 11.1. The number of nitrogens with two attached hydrogens (primary N) is 1. The number of phenolic OH excluding ortho intramolecular Hbond substituents is 1. The molecule has 5 heteroatoms. The van der Waals surface area contributed by atoms with Crippen LogP contribution < -0.4 is 5.73 Å². The standard InChI is InChI=1S/C14H20N2O3/c1-14(19)5-2-7-16(8-6-14)13(18)10-3-4-11(15)12(17)9-10/h3-4,9,17,19H,2,5-8,15H2,1H3. The molecule has 19 heavy (non-hydrogen) atoms. The summed E-state index contributed by atoms with van der Waals surface area (Å²) in [5.41, 5.74) is 5.51. The maximum atomic E-state index is 12.3. The number of benzene rings is 1. The SMILES string of the molecule is CC1(O)CCCN(C(=O)c2ccc(N)c(O)c2)CC1. The Kier molecular flexibility index (Phi) is 3.66. The first-order valence-electron chi connectivity index (χ1n) is 6.49. The summed E-state index contributed by atoms with van der Waals surface area (Å²) in [6.07, 6.45) is 2.04. The molecule has 1 atom stereocenters. The van der Waals surface area contributed by atoms with Crippen LogP contribution in [0.5, 0.6) is 5.75 Å². The summed E-state index contributed by atoms with van der Waals surface area (Å²) in [6, 6.07) is 4.53. The van der Waals surface area contributed by atoms with Crippen LogP contribution in [-0.2, 0) is 0 Å². The molecule has 0 radical (unpaired) electrons. The van der Waals surface area contributed by atoms with E-state index in [-0.39, 0.29) is 17.3 Å². The number of phenols is 1. The smallest absolute Gasteiger partial charge is 0.253 e. The van der Waals surface area contributed by atoms with Crippen molar-refractivity contribution in [3.63, 3.8) is 0 Å². The molecule has 1 heterocycles. The fraction of sp³-hybridized carbons (Fsp3) is 0.500. The number of carbonyl (C=O) groups is 1. The second kappa shape index (κ2) is 5.09. The average Bonchev–Trinajstić information content (AvgIpc) is 2.53. The minimum absolute atomic E-state index is 0.0762. The molecule has 1 aromatic rings. The van der Waals surface area contributed by atoms with Crippen LogP contribution >= 0.6 is 0 Å². The predicted molar refractivity (Wildman–Crippen MR) is 72.9 cm³/mol. The number of aliphatic hydroxyl groups is 1. The number of nitrogens with zero attached hydrogens (tertiary/aromatic N) is 1. The van der Waals surface area contributed by atoms with Gasteiger partial charge in [0.25, 0.3) is 5.91 Å². The van der Waals surface area contributed by atoms with Gasteiger partial charge in [-0.3, -0.25) is 4.79 Å². The number of nitrogen functional groups attached to an aromatic ring is 1. The number of hydrogen-bond acceptors (Lipinski definition) is 4. The number of aromatic hydroxyl groups is 1. The molecule has 2 rings (SSSR count). The molecule has 0 saturated carbocycles. The van der Waals surface area contributed by atoms with Crippen LogP contribution in [0.2, 0.25) is 0 Å². The molecule has 1 fully saturated rings. The van der Waals surface area contributed by atoms with Crippen LogP contribution in [0.1, 0.15) is 36.5 Å². The van der Waals surface area contributed by atoms with Crippen LogP contribution in [0.3, 0.4) is 0 Å². The highest BCUT2D eigenvalue weighted by atomic mass is 16.3. The van der Waals surface area contributed by atoms with Gasteiger partial charge in [0.2, 0.25) is 0 Å². The van der Waals surface area contributed by atoms with Gasteiger partial charge in [0.15, 0.2) is 0 Å². The molecule has 0 bridgehead atoms. The highest BCUT2D eigenvalue weighted by molar-refractivity contribution is 5.95. The lowest BCUT2D eigenvalue weighted by atomic mass is 9.98. The van der Waals surface area contributed by atoms with Crippen molar-refractivity contribution in [2.24, 2.45) is 0 Å². The second-order valence-corrected chi connectivity index (χ2v) is 5.42. The Morgan fingerprint density at radius 3 is 2.79 bits per heavy atom. The summed E-state index contributed by atoms with van der Waals surface area (Å²) in [5.74, 6) is -0.208. The minimum Gasteiger partial charge on any atom is -0.506 e. The van der Waals surface area contributed by atoms with Gasteiger partial charge in [-0.2, -0.15) is 0 Å². The molecule has 104 valence electrons. The molecular formula is C14H20N2O3. The molecule has 4 N–H and O–H groups in total. The van der Waals surface area contributed by atoms with Crippen molar-refractivity contribution in [2.45, 2.75) is 31.8 Å².